The highest BCUT2D eigenvalue weighted by molar-refractivity contribution is 7.09. The van der Waals surface area contributed by atoms with E-state index in [2.05, 4.69) is 0 Å². The topological polar surface area (TPSA) is 37.3 Å². The van der Waals surface area contributed by atoms with Crippen LogP contribution in [0, 0.1) is 0 Å². The van der Waals surface area contributed by atoms with Crippen LogP contribution in [-0.2, 0) is 11.2 Å². The normalized spacial score (nSPS) is 12.3. The molecular weight excluding hydrogens is 291 g/mol. The number of hydrogen-bond donors (Lipinski definition) is 1. The second-order valence-electron chi connectivity index (χ2n) is 3.85. The van der Waals surface area contributed by atoms with Crippen LogP contribution in [0.4, 0.5) is 0 Å². The molecule has 18 heavy (non-hydrogen) atoms. The third kappa shape index (κ3) is 3.05. The predicted octanol–water partition coefficient (Wildman–Crippen LogP) is 4.47. The summed E-state index contributed by atoms with van der Waals surface area (Å²) in [5, 5.41) is 12.1. The molecule has 1 unspecified atom stereocenters. The van der Waals surface area contributed by atoms with Crippen molar-refractivity contribution in [2.75, 3.05) is 0 Å². The summed E-state index contributed by atoms with van der Waals surface area (Å²) in [5.41, 5.74) is 0.672. The van der Waals surface area contributed by atoms with Crippen molar-refractivity contribution in [2.24, 2.45) is 0 Å². The number of aliphatic carboxylic acids is 1. The molecule has 0 aliphatic heterocycles. The second-order valence-corrected chi connectivity index (χ2v) is 5.69. The van der Waals surface area contributed by atoms with Gasteiger partial charge in [0.15, 0.2) is 0 Å². The first kappa shape index (κ1) is 13.4. The summed E-state index contributed by atoms with van der Waals surface area (Å²) in [7, 11) is 0. The van der Waals surface area contributed by atoms with Crippen LogP contribution in [-0.4, -0.2) is 11.1 Å². The molecule has 1 N–H and O–H groups in total. The van der Waals surface area contributed by atoms with Crippen LogP contribution in [0.15, 0.2) is 35.7 Å². The summed E-state index contributed by atoms with van der Waals surface area (Å²) in [4.78, 5) is 12.4. The zero-order valence-corrected chi connectivity index (χ0v) is 11.6. The van der Waals surface area contributed by atoms with Gasteiger partial charge in [-0.2, -0.15) is 0 Å². The number of hydrogen-bond acceptors (Lipinski definition) is 2. The molecular formula is C13H10Cl2O2S. The van der Waals surface area contributed by atoms with Crippen molar-refractivity contribution < 1.29 is 9.90 Å². The van der Waals surface area contributed by atoms with E-state index >= 15 is 0 Å². The van der Waals surface area contributed by atoms with Crippen LogP contribution in [0.25, 0.3) is 0 Å². The van der Waals surface area contributed by atoms with Crippen LogP contribution >= 0.6 is 34.5 Å². The van der Waals surface area contributed by atoms with Crippen LogP contribution in [0.2, 0.25) is 10.0 Å². The summed E-state index contributed by atoms with van der Waals surface area (Å²) >= 11 is 13.3. The number of rotatable bonds is 4. The lowest BCUT2D eigenvalue weighted by Crippen LogP contribution is -2.13. The molecule has 0 aliphatic carbocycles. The minimum absolute atomic E-state index is 0.381. The Kier molecular flexibility index (Phi) is 4.27. The van der Waals surface area contributed by atoms with Crippen molar-refractivity contribution in [3.8, 4) is 0 Å². The summed E-state index contributed by atoms with van der Waals surface area (Å²) in [6, 6.07) is 8.80. The highest BCUT2D eigenvalue weighted by atomic mass is 35.5. The number of benzene rings is 1. The number of halogens is 2. The molecule has 2 nitrogen and oxygen atoms in total. The molecule has 5 heteroatoms. The van der Waals surface area contributed by atoms with Gasteiger partial charge in [-0.3, -0.25) is 4.79 Å². The standard InChI is InChI=1S/C13H10Cl2O2S/c14-11-4-3-8(6-12(11)15)10(13(16)17)7-9-2-1-5-18-9/h1-6,10H,7H2,(H,16,17). The highest BCUT2D eigenvalue weighted by Crippen LogP contribution is 2.29. The zero-order chi connectivity index (χ0) is 13.1. The molecule has 0 saturated carbocycles. The Morgan fingerprint density at radius 3 is 2.61 bits per heavy atom. The first-order chi connectivity index (χ1) is 8.58. The van der Waals surface area contributed by atoms with Gasteiger partial charge < -0.3 is 5.11 Å². The number of thiophene rings is 1. The molecule has 1 atom stereocenters. The Bertz CT molecular complexity index is 552. The zero-order valence-electron chi connectivity index (χ0n) is 9.27. The second kappa shape index (κ2) is 5.74. The Balaban J connectivity index is 2.29. The van der Waals surface area contributed by atoms with E-state index in [1.165, 1.54) is 0 Å². The Morgan fingerprint density at radius 2 is 2.06 bits per heavy atom. The van der Waals surface area contributed by atoms with Crippen molar-refractivity contribution in [1.82, 2.24) is 0 Å². The van der Waals surface area contributed by atoms with Gasteiger partial charge in [-0.25, -0.2) is 0 Å². The van der Waals surface area contributed by atoms with Crippen LogP contribution in [0.3, 0.4) is 0 Å². The Labute approximate surface area is 119 Å². The Hall–Kier alpha value is -1.03. The first-order valence-electron chi connectivity index (χ1n) is 5.28. The van der Waals surface area contributed by atoms with Gasteiger partial charge in [0.1, 0.15) is 0 Å². The monoisotopic (exact) mass is 300 g/mol. The average molecular weight is 301 g/mol. The van der Waals surface area contributed by atoms with Crippen molar-refractivity contribution in [2.45, 2.75) is 12.3 Å². The predicted molar refractivity (Wildman–Crippen MR) is 74.9 cm³/mol. The number of carbonyl (C=O) groups is 1. The van der Waals surface area contributed by atoms with E-state index in [4.69, 9.17) is 23.2 Å². The van der Waals surface area contributed by atoms with Gasteiger partial charge in [0, 0.05) is 4.88 Å². The quantitative estimate of drug-likeness (QED) is 0.905. The van der Waals surface area contributed by atoms with Crippen LogP contribution in [0.1, 0.15) is 16.4 Å². The molecule has 2 rings (SSSR count). The van der Waals surface area contributed by atoms with Gasteiger partial charge in [-0.15, -0.1) is 11.3 Å². The molecule has 0 radical (unpaired) electrons. The van der Waals surface area contributed by atoms with Gasteiger partial charge in [0.2, 0.25) is 0 Å². The maximum Gasteiger partial charge on any atom is 0.311 e. The van der Waals surface area contributed by atoms with Gasteiger partial charge in [0.05, 0.1) is 16.0 Å². The summed E-state index contributed by atoms with van der Waals surface area (Å²) in [5.74, 6) is -1.46. The molecule has 1 aromatic heterocycles. The number of carboxylic acid groups (broad SMARTS) is 1. The average Bonchev–Trinajstić information content (AvgIpc) is 2.82. The lowest BCUT2D eigenvalue weighted by molar-refractivity contribution is -0.138. The van der Waals surface area contributed by atoms with Gasteiger partial charge in [-0.1, -0.05) is 35.3 Å². The summed E-state index contributed by atoms with van der Waals surface area (Å²) in [6.45, 7) is 0. The van der Waals surface area contributed by atoms with E-state index in [0.717, 1.165) is 4.88 Å². The SMILES string of the molecule is O=C(O)C(Cc1cccs1)c1ccc(Cl)c(Cl)c1. The maximum atomic E-state index is 11.4. The van der Waals surface area contributed by atoms with Crippen molar-refractivity contribution in [3.05, 3.63) is 56.2 Å². The summed E-state index contributed by atoms with van der Waals surface area (Å²) in [6.07, 6.45) is 0.463. The van der Waals surface area contributed by atoms with Crippen LogP contribution < -0.4 is 0 Å². The minimum atomic E-state index is -0.859. The largest absolute Gasteiger partial charge is 0.481 e. The van der Waals surface area contributed by atoms with E-state index in [1.807, 2.05) is 17.5 Å². The van der Waals surface area contributed by atoms with Crippen LogP contribution in [0.5, 0.6) is 0 Å². The molecule has 94 valence electrons. The molecule has 0 fully saturated rings. The lowest BCUT2D eigenvalue weighted by atomic mass is 9.95. The smallest absolute Gasteiger partial charge is 0.311 e. The van der Waals surface area contributed by atoms with Gasteiger partial charge >= 0.3 is 5.97 Å². The fourth-order valence-corrected chi connectivity index (χ4v) is 2.77. The molecule has 1 aromatic carbocycles. The van der Waals surface area contributed by atoms with Crippen molar-refractivity contribution in [1.29, 1.82) is 0 Å². The van der Waals surface area contributed by atoms with Gasteiger partial charge in [-0.05, 0) is 35.6 Å². The first-order valence-corrected chi connectivity index (χ1v) is 6.91. The molecule has 0 saturated heterocycles. The highest BCUT2D eigenvalue weighted by Gasteiger charge is 2.21. The molecule has 0 amide bonds. The lowest BCUT2D eigenvalue weighted by Gasteiger charge is -2.12. The third-order valence-electron chi connectivity index (χ3n) is 2.63. The molecule has 1 heterocycles. The fraction of sp³-hybridized carbons (Fsp3) is 0.154. The number of carboxylic acids is 1. The van der Waals surface area contributed by atoms with Crippen molar-refractivity contribution in [3.63, 3.8) is 0 Å². The molecule has 0 aliphatic rings. The van der Waals surface area contributed by atoms with E-state index in [1.54, 1.807) is 29.5 Å². The van der Waals surface area contributed by atoms with E-state index < -0.39 is 11.9 Å². The Morgan fingerprint density at radius 1 is 1.28 bits per heavy atom. The van der Waals surface area contributed by atoms with E-state index in [-0.39, 0.29) is 0 Å². The molecule has 0 spiro atoms. The van der Waals surface area contributed by atoms with Gasteiger partial charge in [0.25, 0.3) is 0 Å². The maximum absolute atomic E-state index is 11.4. The van der Waals surface area contributed by atoms with E-state index in [9.17, 15) is 9.90 Å². The summed E-state index contributed by atoms with van der Waals surface area (Å²) < 4.78 is 0. The third-order valence-corrected chi connectivity index (χ3v) is 4.27. The fourth-order valence-electron chi connectivity index (χ4n) is 1.71. The molecule has 2 aromatic rings. The van der Waals surface area contributed by atoms with Crippen molar-refractivity contribution >= 4 is 40.5 Å². The molecule has 0 bridgehead atoms. The van der Waals surface area contributed by atoms with E-state index in [0.29, 0.717) is 22.0 Å². The minimum Gasteiger partial charge on any atom is -0.481 e.